The fraction of sp³-hybridized carbons (Fsp3) is 0.400. The lowest BCUT2D eigenvalue weighted by molar-refractivity contribution is -0.137. The molecule has 0 fully saturated rings. The van der Waals surface area contributed by atoms with Crippen LogP contribution < -0.4 is 0 Å². The number of hydrogen-bond donors (Lipinski definition) is 0. The second-order valence-electron chi connectivity index (χ2n) is 5.25. The summed E-state index contributed by atoms with van der Waals surface area (Å²) in [7, 11) is 3.75. The van der Waals surface area contributed by atoms with Gasteiger partial charge in [-0.25, -0.2) is 0 Å². The van der Waals surface area contributed by atoms with Gasteiger partial charge in [0.25, 0.3) is 0 Å². The van der Waals surface area contributed by atoms with Crippen LogP contribution in [0.25, 0.3) is 0 Å². The Morgan fingerprint density at radius 3 is 2.52 bits per heavy atom. The zero-order chi connectivity index (χ0) is 15.6. The maximum Gasteiger partial charge on any atom is 0.416 e. The highest BCUT2D eigenvalue weighted by Gasteiger charge is 2.30. The molecule has 0 saturated carbocycles. The van der Waals surface area contributed by atoms with Crippen LogP contribution in [0.4, 0.5) is 13.2 Å². The molecule has 0 saturated heterocycles. The second kappa shape index (κ2) is 5.89. The summed E-state index contributed by atoms with van der Waals surface area (Å²) in [6.07, 6.45) is -2.51. The molecular formula is C15H18F3N3. The molecule has 2 rings (SSSR count). The van der Waals surface area contributed by atoms with Gasteiger partial charge in [-0.15, -0.1) is 0 Å². The Morgan fingerprint density at radius 1 is 1.24 bits per heavy atom. The van der Waals surface area contributed by atoms with E-state index in [9.17, 15) is 13.2 Å². The Balaban J connectivity index is 2.06. The summed E-state index contributed by atoms with van der Waals surface area (Å²) in [4.78, 5) is 1.97. The van der Waals surface area contributed by atoms with E-state index in [1.54, 1.807) is 16.9 Å². The minimum Gasteiger partial charge on any atom is -0.298 e. The van der Waals surface area contributed by atoms with E-state index in [-0.39, 0.29) is 0 Å². The normalized spacial score (nSPS) is 12.1. The zero-order valence-corrected chi connectivity index (χ0v) is 12.3. The molecule has 0 aliphatic carbocycles. The van der Waals surface area contributed by atoms with Gasteiger partial charge < -0.3 is 0 Å². The van der Waals surface area contributed by atoms with Gasteiger partial charge in [-0.3, -0.25) is 9.58 Å². The molecule has 2 aromatic rings. The minimum atomic E-state index is -4.30. The monoisotopic (exact) mass is 297 g/mol. The second-order valence-corrected chi connectivity index (χ2v) is 5.25. The number of aromatic nitrogens is 2. The number of nitrogens with zero attached hydrogens (tertiary/aromatic N) is 3. The minimum absolute atomic E-state index is 0.457. The molecule has 0 N–H and O–H groups in total. The first-order valence-electron chi connectivity index (χ1n) is 6.59. The predicted molar refractivity (Wildman–Crippen MR) is 74.6 cm³/mol. The number of halogens is 3. The molecule has 6 heteroatoms. The van der Waals surface area contributed by atoms with Gasteiger partial charge in [0.15, 0.2) is 0 Å². The molecular weight excluding hydrogens is 279 g/mol. The van der Waals surface area contributed by atoms with Crippen molar-refractivity contribution < 1.29 is 13.2 Å². The van der Waals surface area contributed by atoms with Crippen LogP contribution >= 0.6 is 0 Å². The predicted octanol–water partition coefficient (Wildman–Crippen LogP) is 3.38. The molecule has 0 unspecified atom stereocenters. The van der Waals surface area contributed by atoms with E-state index in [0.717, 1.165) is 17.3 Å². The van der Waals surface area contributed by atoms with Crippen molar-refractivity contribution in [3.05, 3.63) is 52.8 Å². The lowest BCUT2D eigenvalue weighted by Crippen LogP contribution is -2.18. The molecule has 0 amide bonds. The zero-order valence-electron chi connectivity index (χ0n) is 12.3. The number of benzene rings is 1. The topological polar surface area (TPSA) is 21.1 Å². The van der Waals surface area contributed by atoms with Gasteiger partial charge in [-0.2, -0.15) is 18.3 Å². The Hall–Kier alpha value is -1.82. The van der Waals surface area contributed by atoms with Gasteiger partial charge in [0.05, 0.1) is 11.8 Å². The Labute approximate surface area is 122 Å². The van der Waals surface area contributed by atoms with E-state index < -0.39 is 11.7 Å². The maximum absolute atomic E-state index is 12.7. The standard InChI is InChI=1S/C15H18F3N3/c1-11-13(8-19-21(11)3)10-20(2)9-12-5-4-6-14(7-12)15(16,17)18/h4-8H,9-10H2,1-3H3. The van der Waals surface area contributed by atoms with Gasteiger partial charge >= 0.3 is 6.18 Å². The molecule has 1 aromatic heterocycles. The van der Waals surface area contributed by atoms with E-state index in [0.29, 0.717) is 18.7 Å². The van der Waals surface area contributed by atoms with Gasteiger partial charge in [-0.05, 0) is 25.6 Å². The summed E-state index contributed by atoms with van der Waals surface area (Å²) in [6, 6.07) is 5.45. The van der Waals surface area contributed by atoms with Crippen molar-refractivity contribution in [2.45, 2.75) is 26.2 Å². The molecule has 3 nitrogen and oxygen atoms in total. The molecule has 0 spiro atoms. The number of alkyl halides is 3. The van der Waals surface area contributed by atoms with Crippen molar-refractivity contribution in [3.63, 3.8) is 0 Å². The smallest absolute Gasteiger partial charge is 0.298 e. The average molecular weight is 297 g/mol. The molecule has 1 aromatic carbocycles. The highest BCUT2D eigenvalue weighted by atomic mass is 19.4. The van der Waals surface area contributed by atoms with Crippen molar-refractivity contribution >= 4 is 0 Å². The maximum atomic E-state index is 12.7. The molecule has 0 aliphatic rings. The lowest BCUT2D eigenvalue weighted by Gasteiger charge is -2.17. The van der Waals surface area contributed by atoms with E-state index in [4.69, 9.17) is 0 Å². The third-order valence-corrected chi connectivity index (χ3v) is 3.48. The van der Waals surface area contributed by atoms with Crippen LogP contribution in [-0.2, 0) is 26.3 Å². The van der Waals surface area contributed by atoms with Crippen molar-refractivity contribution in [1.29, 1.82) is 0 Å². The van der Waals surface area contributed by atoms with Crippen molar-refractivity contribution in [2.24, 2.45) is 7.05 Å². The average Bonchev–Trinajstić information content (AvgIpc) is 2.70. The first-order chi connectivity index (χ1) is 9.77. The Kier molecular flexibility index (Phi) is 4.37. The molecule has 0 bridgehead atoms. The van der Waals surface area contributed by atoms with Crippen LogP contribution in [0.5, 0.6) is 0 Å². The van der Waals surface area contributed by atoms with Crippen LogP contribution in [0.1, 0.15) is 22.4 Å². The van der Waals surface area contributed by atoms with Crippen molar-refractivity contribution in [1.82, 2.24) is 14.7 Å². The van der Waals surface area contributed by atoms with E-state index in [1.807, 2.05) is 25.9 Å². The summed E-state index contributed by atoms with van der Waals surface area (Å²) in [6.45, 7) is 3.08. The summed E-state index contributed by atoms with van der Waals surface area (Å²) >= 11 is 0. The van der Waals surface area contributed by atoms with E-state index >= 15 is 0 Å². The Bertz CT molecular complexity index is 617. The molecule has 0 atom stereocenters. The van der Waals surface area contributed by atoms with Gasteiger partial charge in [0, 0.05) is 31.4 Å². The van der Waals surface area contributed by atoms with Crippen LogP contribution in [0.3, 0.4) is 0 Å². The largest absolute Gasteiger partial charge is 0.416 e. The van der Waals surface area contributed by atoms with Gasteiger partial charge in [-0.1, -0.05) is 18.2 Å². The molecule has 1 heterocycles. The SMILES string of the molecule is Cc1c(CN(C)Cc2cccc(C(F)(F)F)c2)cnn1C. The van der Waals surface area contributed by atoms with Crippen LogP contribution in [0.2, 0.25) is 0 Å². The molecule has 0 radical (unpaired) electrons. The lowest BCUT2D eigenvalue weighted by atomic mass is 10.1. The fourth-order valence-corrected chi connectivity index (χ4v) is 2.20. The molecule has 21 heavy (non-hydrogen) atoms. The summed E-state index contributed by atoms with van der Waals surface area (Å²) < 4.78 is 39.8. The third-order valence-electron chi connectivity index (χ3n) is 3.48. The van der Waals surface area contributed by atoms with Crippen LogP contribution in [0.15, 0.2) is 30.5 Å². The first kappa shape index (κ1) is 15.6. The van der Waals surface area contributed by atoms with Crippen molar-refractivity contribution in [2.75, 3.05) is 7.05 Å². The number of rotatable bonds is 4. The Morgan fingerprint density at radius 2 is 1.95 bits per heavy atom. The van der Waals surface area contributed by atoms with E-state index in [1.165, 1.54) is 12.1 Å². The number of aryl methyl sites for hydroxylation is 1. The highest BCUT2D eigenvalue weighted by molar-refractivity contribution is 5.25. The third kappa shape index (κ3) is 3.85. The summed E-state index contributed by atoms with van der Waals surface area (Å²) in [5.41, 5.74) is 2.18. The number of hydrogen-bond acceptors (Lipinski definition) is 2. The highest BCUT2D eigenvalue weighted by Crippen LogP contribution is 2.29. The molecule has 0 aliphatic heterocycles. The van der Waals surface area contributed by atoms with Crippen molar-refractivity contribution in [3.8, 4) is 0 Å². The quantitative estimate of drug-likeness (QED) is 0.862. The van der Waals surface area contributed by atoms with Gasteiger partial charge in [0.2, 0.25) is 0 Å². The van der Waals surface area contributed by atoms with Crippen LogP contribution in [0, 0.1) is 6.92 Å². The van der Waals surface area contributed by atoms with Crippen LogP contribution in [-0.4, -0.2) is 21.7 Å². The van der Waals surface area contributed by atoms with Gasteiger partial charge in [0.1, 0.15) is 0 Å². The first-order valence-corrected chi connectivity index (χ1v) is 6.59. The molecule has 114 valence electrons. The summed E-state index contributed by atoms with van der Waals surface area (Å²) in [5.74, 6) is 0. The van der Waals surface area contributed by atoms with E-state index in [2.05, 4.69) is 5.10 Å². The fourth-order valence-electron chi connectivity index (χ4n) is 2.20. The summed E-state index contributed by atoms with van der Waals surface area (Å²) in [5, 5.41) is 4.16.